The third-order valence-corrected chi connectivity index (χ3v) is 5.02. The van der Waals surface area contributed by atoms with Gasteiger partial charge in [0.1, 0.15) is 5.75 Å². The first kappa shape index (κ1) is 18.1. The van der Waals surface area contributed by atoms with Crippen LogP contribution in [0, 0.1) is 0 Å². The first-order valence-corrected chi connectivity index (χ1v) is 9.19. The van der Waals surface area contributed by atoms with Gasteiger partial charge in [0.25, 0.3) is 0 Å². The number of benzene rings is 1. The lowest BCUT2D eigenvalue weighted by Crippen LogP contribution is -2.47. The van der Waals surface area contributed by atoms with E-state index in [4.69, 9.17) is 9.84 Å². The zero-order valence-electron chi connectivity index (χ0n) is 14.6. The maximum absolute atomic E-state index is 12.7. The molecule has 1 saturated carbocycles. The van der Waals surface area contributed by atoms with Gasteiger partial charge in [-0.1, -0.05) is 0 Å². The summed E-state index contributed by atoms with van der Waals surface area (Å²) in [5.74, 6) is -0.404. The maximum atomic E-state index is 12.7. The highest BCUT2D eigenvalue weighted by Gasteiger charge is 2.30. The zero-order valence-corrected chi connectivity index (χ0v) is 14.6. The van der Waals surface area contributed by atoms with E-state index in [1.807, 2.05) is 0 Å². The van der Waals surface area contributed by atoms with Crippen LogP contribution in [0.15, 0.2) is 18.2 Å². The molecule has 138 valence electrons. The van der Waals surface area contributed by atoms with Gasteiger partial charge >= 0.3 is 5.97 Å². The quantitative estimate of drug-likeness (QED) is 0.694. The number of nitrogens with zero attached hydrogens (tertiary/aromatic N) is 2. The van der Waals surface area contributed by atoms with E-state index in [1.165, 1.54) is 38.1 Å². The molecule has 6 heteroatoms. The number of aryl methyl sites for hydroxylation is 1. The van der Waals surface area contributed by atoms with Crippen LogP contribution in [0.2, 0.25) is 0 Å². The van der Waals surface area contributed by atoms with Crippen molar-refractivity contribution in [3.63, 3.8) is 0 Å². The molecule has 0 bridgehead atoms. The smallest absolute Gasteiger partial charge is 0.335 e. The van der Waals surface area contributed by atoms with Gasteiger partial charge in [0.2, 0.25) is 0 Å². The number of hydrogen-bond acceptors (Lipinski definition) is 4. The number of hydrogen-bond donors (Lipinski definition) is 1. The molecule has 0 amide bonds. The highest BCUT2D eigenvalue weighted by Crippen LogP contribution is 2.27. The lowest BCUT2D eigenvalue weighted by Gasteiger charge is -2.34. The second-order valence-corrected chi connectivity index (χ2v) is 6.88. The molecule has 0 radical (unpaired) electrons. The Morgan fingerprint density at radius 1 is 1.24 bits per heavy atom. The van der Waals surface area contributed by atoms with Crippen molar-refractivity contribution in [2.75, 3.05) is 46.0 Å². The highest BCUT2D eigenvalue weighted by molar-refractivity contribution is 5.88. The number of carbonyl (C=O) groups is 1. The molecule has 0 atom stereocenters. The molecule has 2 aliphatic rings. The second-order valence-electron chi connectivity index (χ2n) is 6.88. The fourth-order valence-electron chi connectivity index (χ4n) is 3.41. The predicted octanol–water partition coefficient (Wildman–Crippen LogP) is 2.45. The average molecular weight is 350 g/mol. The van der Waals surface area contributed by atoms with E-state index >= 15 is 0 Å². The van der Waals surface area contributed by atoms with E-state index in [0.717, 1.165) is 32.1 Å². The molecule has 1 N–H and O–H groups in total. The summed E-state index contributed by atoms with van der Waals surface area (Å²) in [7, 11) is 0. The van der Waals surface area contributed by atoms with Gasteiger partial charge in [-0.2, -0.15) is 0 Å². The summed E-state index contributed by atoms with van der Waals surface area (Å²) in [6, 6.07) is 5.52. The van der Waals surface area contributed by atoms with Gasteiger partial charge in [0, 0.05) is 45.2 Å². The summed E-state index contributed by atoms with van der Waals surface area (Å²) in [6.07, 6.45) is 3.84. The minimum Gasteiger partial charge on any atom is -0.493 e. The summed E-state index contributed by atoms with van der Waals surface area (Å²) in [6.45, 7) is 5.63. The predicted molar refractivity (Wildman–Crippen MR) is 94.2 cm³/mol. The van der Waals surface area contributed by atoms with Crippen LogP contribution in [-0.2, 0) is 6.42 Å². The van der Waals surface area contributed by atoms with Crippen molar-refractivity contribution >= 4 is 5.97 Å². The number of carboxylic acids is 1. The minimum atomic E-state index is -1.00. The summed E-state index contributed by atoms with van der Waals surface area (Å²) in [5.41, 5.74) is 0.796. The van der Waals surface area contributed by atoms with Crippen molar-refractivity contribution in [3.05, 3.63) is 29.3 Å². The Bertz CT molecular complexity index is 584. The van der Waals surface area contributed by atoms with Gasteiger partial charge < -0.3 is 14.7 Å². The Kier molecular flexibility index (Phi) is 6.26. The molecule has 5 nitrogen and oxygen atoms in total. The van der Waals surface area contributed by atoms with Crippen molar-refractivity contribution in [1.29, 1.82) is 0 Å². The molecule has 3 rings (SSSR count). The van der Waals surface area contributed by atoms with Crippen LogP contribution < -0.4 is 4.74 Å². The van der Waals surface area contributed by atoms with Gasteiger partial charge in [0.05, 0.1) is 18.8 Å². The molecule has 0 spiro atoms. The van der Waals surface area contributed by atoms with Crippen molar-refractivity contribution in [2.45, 2.75) is 31.7 Å². The monoisotopic (exact) mass is 350 g/mol. The number of carboxylic acid groups (broad SMARTS) is 1. The Balaban J connectivity index is 1.41. The molecule has 1 heterocycles. The van der Waals surface area contributed by atoms with Crippen molar-refractivity contribution in [1.82, 2.24) is 9.80 Å². The van der Waals surface area contributed by atoms with Gasteiger partial charge in [-0.25, -0.2) is 4.79 Å². The summed E-state index contributed by atoms with van der Waals surface area (Å²) in [4.78, 5) is 16.1. The molecule has 1 aromatic rings. The first-order valence-electron chi connectivity index (χ1n) is 9.19. The normalized spacial score (nSPS) is 19.1. The maximum Gasteiger partial charge on any atom is 0.335 e. The number of rotatable bonds is 9. The number of halogens is 1. The summed E-state index contributed by atoms with van der Waals surface area (Å²) >= 11 is 0. The summed E-state index contributed by atoms with van der Waals surface area (Å²) in [5, 5.41) is 9.04. The molecule has 1 saturated heterocycles. The van der Waals surface area contributed by atoms with E-state index < -0.39 is 12.6 Å². The number of aromatic carboxylic acids is 1. The Hall–Kier alpha value is -1.66. The fourth-order valence-corrected chi connectivity index (χ4v) is 3.41. The van der Waals surface area contributed by atoms with E-state index in [1.54, 1.807) is 6.07 Å². The number of alkyl halides is 1. The van der Waals surface area contributed by atoms with E-state index in [2.05, 4.69) is 9.80 Å². The van der Waals surface area contributed by atoms with Gasteiger partial charge in [0.15, 0.2) is 0 Å². The van der Waals surface area contributed by atoms with Gasteiger partial charge in [-0.05, 0) is 43.0 Å². The van der Waals surface area contributed by atoms with Crippen LogP contribution in [0.4, 0.5) is 4.39 Å². The van der Waals surface area contributed by atoms with E-state index in [-0.39, 0.29) is 12.0 Å². The molecule has 1 aliphatic heterocycles. The van der Waals surface area contributed by atoms with Crippen LogP contribution in [0.1, 0.15) is 35.2 Å². The lowest BCUT2D eigenvalue weighted by molar-refractivity contribution is 0.0696. The third kappa shape index (κ3) is 5.16. The Morgan fingerprint density at radius 2 is 2.00 bits per heavy atom. The van der Waals surface area contributed by atoms with Crippen molar-refractivity contribution < 1.29 is 19.0 Å². The lowest BCUT2D eigenvalue weighted by atomic mass is 10.1. The van der Waals surface area contributed by atoms with Crippen LogP contribution in [-0.4, -0.2) is 72.9 Å². The largest absolute Gasteiger partial charge is 0.493 e. The minimum absolute atomic E-state index is 0.171. The third-order valence-electron chi connectivity index (χ3n) is 5.02. The number of ether oxygens (including phenoxy) is 1. The summed E-state index contributed by atoms with van der Waals surface area (Å²) < 4.78 is 18.5. The van der Waals surface area contributed by atoms with Crippen LogP contribution in [0.5, 0.6) is 5.75 Å². The molecule has 25 heavy (non-hydrogen) atoms. The van der Waals surface area contributed by atoms with Crippen molar-refractivity contribution in [3.8, 4) is 5.75 Å². The standard InChI is InChI=1S/C19H27FN2O3/c20-7-6-15-14-16(19(23)24)2-5-18(15)25-13-1-8-21-9-11-22(12-10-21)17-3-4-17/h2,5,14,17H,1,3-4,6-13H2,(H,23,24). The molecule has 1 aliphatic carbocycles. The van der Waals surface area contributed by atoms with Crippen LogP contribution in [0.25, 0.3) is 0 Å². The Morgan fingerprint density at radius 3 is 2.64 bits per heavy atom. The molecule has 0 unspecified atom stereocenters. The van der Waals surface area contributed by atoms with E-state index in [9.17, 15) is 9.18 Å². The Labute approximate surface area is 148 Å². The second kappa shape index (κ2) is 8.63. The van der Waals surface area contributed by atoms with E-state index in [0.29, 0.717) is 17.9 Å². The molecule has 2 fully saturated rings. The molecular weight excluding hydrogens is 323 g/mol. The topological polar surface area (TPSA) is 53.0 Å². The average Bonchev–Trinajstić information content (AvgIpc) is 3.45. The SMILES string of the molecule is O=C(O)c1ccc(OCCCN2CCN(C3CC3)CC2)c(CCF)c1. The molecule has 1 aromatic carbocycles. The van der Waals surface area contributed by atoms with Crippen LogP contribution >= 0.6 is 0 Å². The van der Waals surface area contributed by atoms with Gasteiger partial charge in [-0.3, -0.25) is 9.29 Å². The van der Waals surface area contributed by atoms with Crippen molar-refractivity contribution in [2.24, 2.45) is 0 Å². The molecular formula is C19H27FN2O3. The number of piperazine rings is 1. The fraction of sp³-hybridized carbons (Fsp3) is 0.632. The highest BCUT2D eigenvalue weighted by atomic mass is 19.1. The van der Waals surface area contributed by atoms with Crippen LogP contribution in [0.3, 0.4) is 0 Å². The molecule has 0 aromatic heterocycles. The first-order chi connectivity index (χ1) is 12.2. The zero-order chi connectivity index (χ0) is 17.6. The van der Waals surface area contributed by atoms with Gasteiger partial charge in [-0.15, -0.1) is 0 Å².